The van der Waals surface area contributed by atoms with E-state index in [1.54, 1.807) is 6.92 Å². The highest BCUT2D eigenvalue weighted by molar-refractivity contribution is 8.00. The molecule has 3 aromatic rings. The topological polar surface area (TPSA) is 72.7 Å². The Labute approximate surface area is 171 Å². The molecule has 2 aromatic heterocycles. The van der Waals surface area contributed by atoms with E-state index in [0.717, 1.165) is 11.4 Å². The molecule has 0 aliphatic heterocycles. The molecule has 0 saturated heterocycles. The average molecular weight is 422 g/mol. The molecule has 0 aliphatic carbocycles. The van der Waals surface area contributed by atoms with Crippen LogP contribution in [0.3, 0.4) is 0 Å². The molecule has 1 N–H and O–H groups in total. The molecular formula is C18H17Cl2N5OS. The number of aromatic nitrogens is 4. The highest BCUT2D eigenvalue weighted by Gasteiger charge is 2.21. The molecule has 9 heteroatoms. The van der Waals surface area contributed by atoms with Crippen molar-refractivity contribution < 1.29 is 4.79 Å². The van der Waals surface area contributed by atoms with Gasteiger partial charge < -0.3 is 9.88 Å². The van der Waals surface area contributed by atoms with Crippen molar-refractivity contribution in [3.8, 4) is 11.4 Å². The summed E-state index contributed by atoms with van der Waals surface area (Å²) in [7, 11) is 0. The summed E-state index contributed by atoms with van der Waals surface area (Å²) in [5.74, 6) is 0.819. The molecule has 1 amide bonds. The van der Waals surface area contributed by atoms with Gasteiger partial charge in [0.25, 0.3) is 0 Å². The fourth-order valence-electron chi connectivity index (χ4n) is 2.40. The van der Waals surface area contributed by atoms with Crippen LogP contribution in [0, 0.1) is 0 Å². The fourth-order valence-corrected chi connectivity index (χ4v) is 3.74. The van der Waals surface area contributed by atoms with Crippen LogP contribution in [0.5, 0.6) is 0 Å². The van der Waals surface area contributed by atoms with Crippen LogP contribution in [-0.4, -0.2) is 30.9 Å². The average Bonchev–Trinajstić information content (AvgIpc) is 3.07. The molecular weight excluding hydrogens is 405 g/mol. The largest absolute Gasteiger partial charge is 0.308 e. The van der Waals surface area contributed by atoms with Crippen molar-refractivity contribution in [1.29, 1.82) is 0 Å². The zero-order valence-corrected chi connectivity index (χ0v) is 17.0. The van der Waals surface area contributed by atoms with E-state index in [1.165, 1.54) is 24.0 Å². The van der Waals surface area contributed by atoms with E-state index < -0.39 is 5.25 Å². The molecule has 1 aromatic carbocycles. The first-order valence-corrected chi connectivity index (χ1v) is 9.90. The van der Waals surface area contributed by atoms with Crippen LogP contribution in [0.4, 0.5) is 5.82 Å². The number of halogens is 2. The summed E-state index contributed by atoms with van der Waals surface area (Å²) >= 11 is 13.2. The third kappa shape index (κ3) is 4.61. The minimum atomic E-state index is -0.420. The summed E-state index contributed by atoms with van der Waals surface area (Å²) < 4.78 is 1.98. The fraction of sp³-hybridized carbons (Fsp3) is 0.222. The summed E-state index contributed by atoms with van der Waals surface area (Å²) in [5, 5.41) is 12.2. The number of thioether (sulfide) groups is 1. The number of hydrogen-bond acceptors (Lipinski definition) is 5. The van der Waals surface area contributed by atoms with Gasteiger partial charge in [0.05, 0.1) is 15.3 Å². The Hall–Kier alpha value is -2.09. The first-order valence-electron chi connectivity index (χ1n) is 8.26. The van der Waals surface area contributed by atoms with Crippen molar-refractivity contribution in [3.63, 3.8) is 0 Å². The number of nitrogens with zero attached hydrogens (tertiary/aromatic N) is 4. The van der Waals surface area contributed by atoms with Crippen molar-refractivity contribution in [2.45, 2.75) is 30.8 Å². The number of hydrogen-bond donors (Lipinski definition) is 1. The first-order chi connectivity index (χ1) is 13.0. The van der Waals surface area contributed by atoms with Crippen molar-refractivity contribution in [2.75, 3.05) is 5.32 Å². The van der Waals surface area contributed by atoms with Gasteiger partial charge in [0, 0.05) is 18.3 Å². The second kappa shape index (κ2) is 8.73. The van der Waals surface area contributed by atoms with Crippen LogP contribution >= 0.6 is 35.0 Å². The molecule has 140 valence electrons. The Morgan fingerprint density at radius 1 is 1.26 bits per heavy atom. The van der Waals surface area contributed by atoms with Crippen LogP contribution in [0.15, 0.2) is 47.8 Å². The maximum Gasteiger partial charge on any atom is 0.238 e. The normalized spacial score (nSPS) is 12.0. The van der Waals surface area contributed by atoms with Crippen LogP contribution in [0.2, 0.25) is 10.0 Å². The molecule has 0 saturated carbocycles. The van der Waals surface area contributed by atoms with Gasteiger partial charge in [0.2, 0.25) is 5.91 Å². The Kier molecular flexibility index (Phi) is 6.36. The van der Waals surface area contributed by atoms with Gasteiger partial charge in [-0.2, -0.15) is 0 Å². The van der Waals surface area contributed by atoms with Crippen LogP contribution in [-0.2, 0) is 11.3 Å². The molecule has 6 nitrogen and oxygen atoms in total. The van der Waals surface area contributed by atoms with E-state index >= 15 is 0 Å². The van der Waals surface area contributed by atoms with E-state index in [4.69, 9.17) is 23.2 Å². The molecule has 2 heterocycles. The van der Waals surface area contributed by atoms with Gasteiger partial charge in [-0.3, -0.25) is 4.79 Å². The molecule has 27 heavy (non-hydrogen) atoms. The smallest absolute Gasteiger partial charge is 0.238 e. The molecule has 0 spiro atoms. The van der Waals surface area contributed by atoms with Crippen LogP contribution in [0.25, 0.3) is 11.4 Å². The Morgan fingerprint density at radius 3 is 2.67 bits per heavy atom. The minimum absolute atomic E-state index is 0.233. The van der Waals surface area contributed by atoms with E-state index in [0.29, 0.717) is 16.7 Å². The number of anilines is 1. The van der Waals surface area contributed by atoms with Crippen molar-refractivity contribution in [3.05, 3.63) is 52.6 Å². The lowest BCUT2D eigenvalue weighted by atomic mass is 10.2. The third-order valence-electron chi connectivity index (χ3n) is 3.77. The van der Waals surface area contributed by atoms with Gasteiger partial charge >= 0.3 is 0 Å². The number of amides is 1. The van der Waals surface area contributed by atoms with Crippen molar-refractivity contribution in [1.82, 2.24) is 19.7 Å². The van der Waals surface area contributed by atoms with Crippen LogP contribution < -0.4 is 5.32 Å². The number of carbonyl (C=O) groups is 1. The predicted octanol–water partition coefficient (Wildman–Crippen LogP) is 4.79. The highest BCUT2D eigenvalue weighted by Crippen LogP contribution is 2.28. The van der Waals surface area contributed by atoms with Gasteiger partial charge in [0.1, 0.15) is 0 Å². The number of pyridine rings is 1. The van der Waals surface area contributed by atoms with Crippen LogP contribution in [0.1, 0.15) is 13.8 Å². The monoisotopic (exact) mass is 421 g/mol. The first kappa shape index (κ1) is 19.7. The van der Waals surface area contributed by atoms with Gasteiger partial charge in [-0.25, -0.2) is 4.98 Å². The second-order valence-corrected chi connectivity index (χ2v) is 7.80. The van der Waals surface area contributed by atoms with Crippen molar-refractivity contribution in [2.24, 2.45) is 0 Å². The summed E-state index contributed by atoms with van der Waals surface area (Å²) in [5.41, 5.74) is 0.980. The predicted molar refractivity (Wildman–Crippen MR) is 109 cm³/mol. The number of benzene rings is 1. The highest BCUT2D eigenvalue weighted by atomic mass is 35.5. The molecule has 0 fully saturated rings. The lowest BCUT2D eigenvalue weighted by Gasteiger charge is -2.13. The second-order valence-electron chi connectivity index (χ2n) is 5.65. The van der Waals surface area contributed by atoms with E-state index in [9.17, 15) is 4.79 Å². The summed E-state index contributed by atoms with van der Waals surface area (Å²) in [6.07, 6.45) is 1.43. The molecule has 1 unspecified atom stereocenters. The zero-order valence-electron chi connectivity index (χ0n) is 14.7. The van der Waals surface area contributed by atoms with Crippen molar-refractivity contribution >= 4 is 46.7 Å². The van der Waals surface area contributed by atoms with Gasteiger partial charge in [-0.15, -0.1) is 10.2 Å². The molecule has 3 rings (SSSR count). The number of carbonyl (C=O) groups excluding carboxylic acids is 1. The summed E-state index contributed by atoms with van der Waals surface area (Å²) in [6, 6.07) is 11.4. The lowest BCUT2D eigenvalue weighted by Crippen LogP contribution is -2.23. The van der Waals surface area contributed by atoms with E-state index in [2.05, 4.69) is 20.5 Å². The molecule has 1 atom stereocenters. The lowest BCUT2D eigenvalue weighted by molar-refractivity contribution is -0.115. The maximum atomic E-state index is 12.5. The molecule has 0 aliphatic rings. The standard InChI is InChI=1S/C18H17Cl2N5OS/c1-3-25-16(12-7-5-4-6-8-12)23-24-18(25)27-11(2)17(26)22-15-14(20)9-13(19)10-21-15/h4-11H,3H2,1-2H3,(H,21,22,26). The Balaban J connectivity index is 1.75. The number of nitrogens with one attached hydrogen (secondary N) is 1. The molecule has 0 bridgehead atoms. The summed E-state index contributed by atoms with van der Waals surface area (Å²) in [4.78, 5) is 16.6. The third-order valence-corrected chi connectivity index (χ3v) is 5.34. The maximum absolute atomic E-state index is 12.5. The summed E-state index contributed by atoms with van der Waals surface area (Å²) in [6.45, 7) is 4.50. The Bertz CT molecular complexity index is 948. The van der Waals surface area contributed by atoms with Gasteiger partial charge in [-0.1, -0.05) is 65.3 Å². The quantitative estimate of drug-likeness (QED) is 0.579. The van der Waals surface area contributed by atoms with Gasteiger partial charge in [0.15, 0.2) is 16.8 Å². The van der Waals surface area contributed by atoms with Gasteiger partial charge in [-0.05, 0) is 19.9 Å². The SMILES string of the molecule is CCn1c(SC(C)C(=O)Nc2ncc(Cl)cc2Cl)nnc1-c1ccccc1. The Morgan fingerprint density at radius 2 is 2.00 bits per heavy atom. The number of rotatable bonds is 6. The van der Waals surface area contributed by atoms with E-state index in [-0.39, 0.29) is 16.7 Å². The minimum Gasteiger partial charge on any atom is -0.308 e. The van der Waals surface area contributed by atoms with E-state index in [1.807, 2.05) is 41.8 Å². The zero-order chi connectivity index (χ0) is 19.4. The molecule has 0 radical (unpaired) electrons.